The van der Waals surface area contributed by atoms with E-state index in [9.17, 15) is 8.78 Å². The highest BCUT2D eigenvalue weighted by atomic mass is 79.9. The fraction of sp³-hybridized carbons (Fsp3) is 0.455. The SMILES string of the molecule is CCc1ccc(C(F)(F)CNC)cc1Br. The first-order valence-corrected chi connectivity index (χ1v) is 5.62. The van der Waals surface area contributed by atoms with Crippen molar-refractivity contribution < 1.29 is 8.78 Å². The first kappa shape index (κ1) is 12.6. The molecule has 0 heterocycles. The van der Waals surface area contributed by atoms with Gasteiger partial charge < -0.3 is 5.32 Å². The molecule has 0 aliphatic carbocycles. The van der Waals surface area contributed by atoms with E-state index in [4.69, 9.17) is 0 Å². The number of rotatable bonds is 4. The molecular weight excluding hydrogens is 264 g/mol. The van der Waals surface area contributed by atoms with Gasteiger partial charge >= 0.3 is 0 Å². The van der Waals surface area contributed by atoms with Gasteiger partial charge in [-0.3, -0.25) is 0 Å². The number of benzene rings is 1. The molecule has 1 N–H and O–H groups in total. The zero-order valence-electron chi connectivity index (χ0n) is 8.78. The molecule has 0 fully saturated rings. The van der Waals surface area contributed by atoms with E-state index in [0.717, 1.165) is 16.5 Å². The smallest absolute Gasteiger partial charge is 0.285 e. The normalized spacial score (nSPS) is 11.8. The summed E-state index contributed by atoms with van der Waals surface area (Å²) in [5.41, 5.74) is 1.08. The molecule has 0 amide bonds. The van der Waals surface area contributed by atoms with E-state index in [1.165, 1.54) is 19.2 Å². The highest BCUT2D eigenvalue weighted by Gasteiger charge is 2.30. The minimum atomic E-state index is -2.82. The fourth-order valence-electron chi connectivity index (χ4n) is 1.39. The van der Waals surface area contributed by atoms with Crippen molar-refractivity contribution in [1.82, 2.24) is 5.32 Å². The van der Waals surface area contributed by atoms with Gasteiger partial charge in [0.15, 0.2) is 0 Å². The molecule has 84 valence electrons. The van der Waals surface area contributed by atoms with E-state index >= 15 is 0 Å². The Hall–Kier alpha value is -0.480. The van der Waals surface area contributed by atoms with Crippen LogP contribution in [0.4, 0.5) is 8.78 Å². The molecule has 0 aliphatic heterocycles. The average Bonchev–Trinajstić information content (AvgIpc) is 2.17. The molecule has 15 heavy (non-hydrogen) atoms. The molecule has 0 spiro atoms. The predicted molar refractivity (Wildman–Crippen MR) is 61.3 cm³/mol. The number of halogens is 3. The van der Waals surface area contributed by atoms with Crippen LogP contribution >= 0.6 is 15.9 Å². The summed E-state index contributed by atoms with van der Waals surface area (Å²) in [5, 5.41) is 2.49. The van der Waals surface area contributed by atoms with E-state index in [0.29, 0.717) is 0 Å². The number of aryl methyl sites for hydroxylation is 1. The Kier molecular flexibility index (Phi) is 4.22. The van der Waals surface area contributed by atoms with Crippen LogP contribution in [0.25, 0.3) is 0 Å². The molecule has 1 aromatic carbocycles. The molecular formula is C11H14BrF2N. The predicted octanol–water partition coefficient (Wildman–Crippen LogP) is 3.32. The lowest BCUT2D eigenvalue weighted by Gasteiger charge is -2.17. The van der Waals surface area contributed by atoms with Gasteiger partial charge in [0.25, 0.3) is 5.92 Å². The zero-order valence-corrected chi connectivity index (χ0v) is 10.4. The van der Waals surface area contributed by atoms with Crippen LogP contribution in [0.2, 0.25) is 0 Å². The van der Waals surface area contributed by atoms with Crippen LogP contribution in [0, 0.1) is 0 Å². The summed E-state index contributed by atoms with van der Waals surface area (Å²) in [6.45, 7) is 1.65. The number of hydrogen-bond acceptors (Lipinski definition) is 1. The number of alkyl halides is 2. The van der Waals surface area contributed by atoms with Crippen molar-refractivity contribution in [2.24, 2.45) is 0 Å². The summed E-state index contributed by atoms with van der Waals surface area (Å²) in [7, 11) is 1.52. The van der Waals surface area contributed by atoms with Gasteiger partial charge in [0.05, 0.1) is 6.54 Å². The minimum absolute atomic E-state index is 0.0425. The van der Waals surface area contributed by atoms with Crippen LogP contribution in [0.15, 0.2) is 22.7 Å². The van der Waals surface area contributed by atoms with Gasteiger partial charge in [-0.25, -0.2) is 0 Å². The molecule has 1 nitrogen and oxygen atoms in total. The van der Waals surface area contributed by atoms with E-state index in [-0.39, 0.29) is 12.1 Å². The molecule has 0 aromatic heterocycles. The van der Waals surface area contributed by atoms with Crippen LogP contribution in [-0.4, -0.2) is 13.6 Å². The third-order valence-electron chi connectivity index (χ3n) is 2.26. The Morgan fingerprint density at radius 3 is 2.53 bits per heavy atom. The van der Waals surface area contributed by atoms with Gasteiger partial charge in [-0.05, 0) is 25.1 Å². The topological polar surface area (TPSA) is 12.0 Å². The third kappa shape index (κ3) is 2.98. The average molecular weight is 278 g/mol. The number of nitrogens with one attached hydrogen (secondary N) is 1. The Bertz CT molecular complexity index is 339. The van der Waals surface area contributed by atoms with Gasteiger partial charge in [-0.15, -0.1) is 0 Å². The van der Waals surface area contributed by atoms with Crippen molar-refractivity contribution in [2.45, 2.75) is 19.3 Å². The fourth-order valence-corrected chi connectivity index (χ4v) is 2.04. The van der Waals surface area contributed by atoms with Crippen LogP contribution in [0.5, 0.6) is 0 Å². The number of hydrogen-bond donors (Lipinski definition) is 1. The van der Waals surface area contributed by atoms with Gasteiger partial charge in [-0.2, -0.15) is 8.78 Å². The maximum atomic E-state index is 13.5. The standard InChI is InChI=1S/C11H14BrF2N/c1-3-8-4-5-9(6-10(8)12)11(13,14)7-15-2/h4-6,15H,3,7H2,1-2H3. The van der Waals surface area contributed by atoms with Gasteiger partial charge in [0.2, 0.25) is 0 Å². The lowest BCUT2D eigenvalue weighted by molar-refractivity contribution is -0.00132. The summed E-state index contributed by atoms with van der Waals surface area (Å²) in [6.07, 6.45) is 0.832. The second-order valence-electron chi connectivity index (χ2n) is 3.39. The summed E-state index contributed by atoms with van der Waals surface area (Å²) < 4.78 is 27.7. The van der Waals surface area contributed by atoms with Gasteiger partial charge in [-0.1, -0.05) is 35.0 Å². The molecule has 1 aromatic rings. The van der Waals surface area contributed by atoms with Crippen molar-refractivity contribution >= 4 is 15.9 Å². The molecule has 0 saturated heterocycles. The van der Waals surface area contributed by atoms with Crippen molar-refractivity contribution in [2.75, 3.05) is 13.6 Å². The van der Waals surface area contributed by atoms with Gasteiger partial charge in [0.1, 0.15) is 0 Å². The summed E-state index contributed by atoms with van der Waals surface area (Å²) in [5.74, 6) is -2.82. The zero-order chi connectivity index (χ0) is 11.5. The summed E-state index contributed by atoms with van der Waals surface area (Å²) in [6, 6.07) is 4.72. The van der Waals surface area contributed by atoms with Crippen molar-refractivity contribution in [3.63, 3.8) is 0 Å². The van der Waals surface area contributed by atoms with E-state index in [1.807, 2.05) is 6.92 Å². The number of likely N-dealkylation sites (N-methyl/N-ethyl adjacent to an activating group) is 1. The van der Waals surface area contributed by atoms with E-state index < -0.39 is 5.92 Å². The van der Waals surface area contributed by atoms with Crippen molar-refractivity contribution in [1.29, 1.82) is 0 Å². The Morgan fingerprint density at radius 1 is 1.40 bits per heavy atom. The first-order chi connectivity index (χ1) is 7.01. The molecule has 1 rings (SSSR count). The van der Waals surface area contributed by atoms with Crippen molar-refractivity contribution in [3.05, 3.63) is 33.8 Å². The molecule has 0 atom stereocenters. The van der Waals surface area contributed by atoms with E-state index in [1.54, 1.807) is 6.07 Å². The maximum Gasteiger partial charge on any atom is 0.285 e. The Morgan fingerprint density at radius 2 is 2.07 bits per heavy atom. The maximum absolute atomic E-state index is 13.5. The Balaban J connectivity index is 3.01. The quantitative estimate of drug-likeness (QED) is 0.890. The largest absolute Gasteiger partial charge is 0.314 e. The van der Waals surface area contributed by atoms with Crippen LogP contribution in [-0.2, 0) is 12.3 Å². The molecule has 0 unspecified atom stereocenters. The first-order valence-electron chi connectivity index (χ1n) is 4.82. The molecule has 0 aliphatic rings. The monoisotopic (exact) mass is 277 g/mol. The lowest BCUT2D eigenvalue weighted by Crippen LogP contribution is -2.28. The second-order valence-corrected chi connectivity index (χ2v) is 4.25. The summed E-state index contributed by atoms with van der Waals surface area (Å²) in [4.78, 5) is 0. The third-order valence-corrected chi connectivity index (χ3v) is 2.99. The highest BCUT2D eigenvalue weighted by Crippen LogP contribution is 2.30. The second kappa shape index (κ2) is 5.03. The molecule has 4 heteroatoms. The van der Waals surface area contributed by atoms with Crippen molar-refractivity contribution in [3.8, 4) is 0 Å². The summed E-state index contributed by atoms with van der Waals surface area (Å²) >= 11 is 3.30. The lowest BCUT2D eigenvalue weighted by atomic mass is 10.1. The van der Waals surface area contributed by atoms with Crippen LogP contribution in [0.1, 0.15) is 18.1 Å². The van der Waals surface area contributed by atoms with Crippen LogP contribution < -0.4 is 5.32 Å². The highest BCUT2D eigenvalue weighted by molar-refractivity contribution is 9.10. The molecule has 0 saturated carbocycles. The van der Waals surface area contributed by atoms with Crippen LogP contribution in [0.3, 0.4) is 0 Å². The minimum Gasteiger partial charge on any atom is -0.314 e. The van der Waals surface area contributed by atoms with Gasteiger partial charge in [0, 0.05) is 10.0 Å². The Labute approximate surface area is 97.0 Å². The van der Waals surface area contributed by atoms with E-state index in [2.05, 4.69) is 21.2 Å². The molecule has 0 radical (unpaired) electrons. The molecule has 0 bridgehead atoms.